The highest BCUT2D eigenvalue weighted by Crippen LogP contribution is 2.37. The minimum absolute atomic E-state index is 0.0331. The van der Waals surface area contributed by atoms with Crippen molar-refractivity contribution >= 4 is 51.5 Å². The molecule has 205 valence electrons. The van der Waals surface area contributed by atoms with Crippen LogP contribution in [0.4, 0.5) is 14.3 Å². The number of nitrogen functional groups attached to an aromatic ring is 1. The molecule has 0 bridgehead atoms. The van der Waals surface area contributed by atoms with Crippen molar-refractivity contribution in [3.8, 4) is 0 Å². The highest BCUT2D eigenvalue weighted by atomic mass is 32.1. The number of amides is 3. The number of hydrogen-bond acceptors (Lipinski definition) is 8. The number of fused-ring (bicyclic) bond motifs is 1. The van der Waals surface area contributed by atoms with Gasteiger partial charge in [0.05, 0.1) is 5.52 Å². The maximum atomic E-state index is 14.0. The van der Waals surface area contributed by atoms with Crippen molar-refractivity contribution in [1.82, 2.24) is 19.9 Å². The number of anilines is 1. The van der Waals surface area contributed by atoms with E-state index in [1.54, 1.807) is 5.38 Å². The van der Waals surface area contributed by atoms with Crippen molar-refractivity contribution in [2.75, 3.05) is 11.4 Å². The maximum Gasteiger partial charge on any atom is 0.340 e. The van der Waals surface area contributed by atoms with Gasteiger partial charge < -0.3 is 4.90 Å². The van der Waals surface area contributed by atoms with E-state index in [1.165, 1.54) is 29.5 Å². The molecule has 0 saturated heterocycles. The molecule has 3 aromatic rings. The quantitative estimate of drug-likeness (QED) is 0.169. The van der Waals surface area contributed by atoms with Crippen LogP contribution in [0.1, 0.15) is 66.9 Å². The first kappa shape index (κ1) is 26.9. The Morgan fingerprint density at radius 1 is 1.21 bits per heavy atom. The number of carbonyl (C=O) groups is 3. The summed E-state index contributed by atoms with van der Waals surface area (Å²) in [6.07, 6.45) is 6.01. The van der Waals surface area contributed by atoms with E-state index < -0.39 is 29.7 Å². The summed E-state index contributed by atoms with van der Waals surface area (Å²) in [6, 6.07) is 3.29. The molecule has 2 fully saturated rings. The molecule has 3 amide bonds. The molecule has 0 unspecified atom stereocenters. The van der Waals surface area contributed by atoms with Crippen LogP contribution in [0.2, 0.25) is 0 Å². The number of aromatic nitrogens is 2. The summed E-state index contributed by atoms with van der Waals surface area (Å²) in [5.41, 5.74) is 1.99. The first-order valence-electron chi connectivity index (χ1n) is 13.0. The number of thiazole rings is 1. The smallest absolute Gasteiger partial charge is 0.340 e. The van der Waals surface area contributed by atoms with Gasteiger partial charge in [-0.05, 0) is 55.4 Å². The Balaban J connectivity index is 1.55. The van der Waals surface area contributed by atoms with Crippen LogP contribution in [0.5, 0.6) is 0 Å². The fourth-order valence-corrected chi connectivity index (χ4v) is 5.66. The molecule has 2 heterocycles. The highest BCUT2D eigenvalue weighted by molar-refractivity contribution is 7.14. The zero-order valence-electron chi connectivity index (χ0n) is 21.7. The second kappa shape index (κ2) is 10.9. The van der Waals surface area contributed by atoms with Crippen LogP contribution in [0.15, 0.2) is 29.6 Å². The molecule has 12 heteroatoms. The van der Waals surface area contributed by atoms with E-state index in [0.29, 0.717) is 17.1 Å². The molecule has 3 N–H and O–H groups in total. The van der Waals surface area contributed by atoms with Crippen molar-refractivity contribution in [3.05, 3.63) is 46.9 Å². The number of benzene rings is 1. The molecular weight excluding hydrogens is 523 g/mol. The van der Waals surface area contributed by atoms with Gasteiger partial charge in [0, 0.05) is 23.4 Å². The highest BCUT2D eigenvalue weighted by Gasteiger charge is 2.39. The van der Waals surface area contributed by atoms with Crippen LogP contribution in [-0.2, 0) is 4.79 Å². The number of imide groups is 1. The van der Waals surface area contributed by atoms with Gasteiger partial charge in [-0.1, -0.05) is 26.7 Å². The molecule has 10 nitrogen and oxygen atoms in total. The van der Waals surface area contributed by atoms with Gasteiger partial charge in [0.25, 0.3) is 11.8 Å². The fraction of sp³-hybridized carbons (Fsp3) is 0.444. The standard InChI is InChI=1S/C27H30FN6O4S/c1-15(2)12-32(19-6-7-19)27-30-21(14-39-27)24(36)33(20(13-35)9-16-3-4-16)25(37)23-11-17-10-18(28)5-8-22(17)34(23)26(38)31-29/h5,8,10-11,14-16,19-20H,3-4,6-7,9,12,29H2,1-2H3,(H,31,38)/t20-/m0/s1. The predicted molar refractivity (Wildman–Crippen MR) is 145 cm³/mol. The van der Waals surface area contributed by atoms with Gasteiger partial charge in [0.1, 0.15) is 23.2 Å². The lowest BCUT2D eigenvalue weighted by Crippen LogP contribution is -2.47. The summed E-state index contributed by atoms with van der Waals surface area (Å²) in [7, 11) is 0. The Kier molecular flexibility index (Phi) is 7.50. The van der Waals surface area contributed by atoms with Crippen molar-refractivity contribution in [2.24, 2.45) is 17.7 Å². The molecule has 1 aromatic carbocycles. The molecule has 5 rings (SSSR count). The normalized spacial score (nSPS) is 15.8. The van der Waals surface area contributed by atoms with Crippen molar-refractivity contribution < 1.29 is 23.6 Å². The Bertz CT molecular complexity index is 1430. The van der Waals surface area contributed by atoms with E-state index in [4.69, 9.17) is 5.84 Å². The molecule has 0 spiro atoms. The zero-order valence-corrected chi connectivity index (χ0v) is 22.5. The van der Waals surface area contributed by atoms with E-state index in [-0.39, 0.29) is 34.6 Å². The number of rotatable bonds is 10. The van der Waals surface area contributed by atoms with Crippen LogP contribution in [-0.4, -0.2) is 57.2 Å². The first-order chi connectivity index (χ1) is 18.7. The maximum absolute atomic E-state index is 14.0. The van der Waals surface area contributed by atoms with Crippen molar-refractivity contribution in [3.63, 3.8) is 0 Å². The number of hydrazine groups is 1. The second-order valence-corrected chi connectivity index (χ2v) is 11.4. The minimum Gasteiger partial charge on any atom is -0.345 e. The molecule has 2 aliphatic carbocycles. The summed E-state index contributed by atoms with van der Waals surface area (Å²) >= 11 is 1.31. The third-order valence-electron chi connectivity index (χ3n) is 6.95. The second-order valence-electron chi connectivity index (χ2n) is 10.6. The average Bonchev–Trinajstić information content (AvgIpc) is 3.84. The van der Waals surface area contributed by atoms with Gasteiger partial charge in [-0.2, -0.15) is 0 Å². The number of nitrogens with zero attached hydrogens (tertiary/aromatic N) is 4. The Morgan fingerprint density at radius 2 is 1.95 bits per heavy atom. The summed E-state index contributed by atoms with van der Waals surface area (Å²) in [4.78, 5) is 60.4. The Hall–Kier alpha value is -3.64. The monoisotopic (exact) mass is 553 g/mol. The third-order valence-corrected chi connectivity index (χ3v) is 7.83. The lowest BCUT2D eigenvalue weighted by Gasteiger charge is -2.26. The molecule has 39 heavy (non-hydrogen) atoms. The fourth-order valence-electron chi connectivity index (χ4n) is 4.78. The number of halogens is 1. The number of hydrogen-bond donors (Lipinski definition) is 2. The van der Waals surface area contributed by atoms with E-state index in [2.05, 4.69) is 23.7 Å². The number of nitrogens with one attached hydrogen (secondary N) is 1. The Morgan fingerprint density at radius 3 is 2.56 bits per heavy atom. The van der Waals surface area contributed by atoms with Gasteiger partial charge in [0.2, 0.25) is 6.29 Å². The van der Waals surface area contributed by atoms with Crippen molar-refractivity contribution in [2.45, 2.75) is 58.0 Å². The molecule has 2 aliphatic rings. The van der Waals surface area contributed by atoms with Gasteiger partial charge >= 0.3 is 6.03 Å². The van der Waals surface area contributed by atoms with Gasteiger partial charge in [-0.15, -0.1) is 11.3 Å². The van der Waals surface area contributed by atoms with Gasteiger partial charge in [0.15, 0.2) is 5.13 Å². The van der Waals surface area contributed by atoms with Gasteiger partial charge in [-0.3, -0.25) is 29.3 Å². The molecular formula is C27H30FN6O4S. The third kappa shape index (κ3) is 5.57. The van der Waals surface area contributed by atoms with Crippen molar-refractivity contribution in [1.29, 1.82) is 0 Å². The topological polar surface area (TPSA) is 131 Å². The first-order valence-corrected chi connectivity index (χ1v) is 13.9. The zero-order chi connectivity index (χ0) is 27.8. The average molecular weight is 554 g/mol. The molecule has 1 atom stereocenters. The van der Waals surface area contributed by atoms with Crippen LogP contribution in [0.3, 0.4) is 0 Å². The van der Waals surface area contributed by atoms with E-state index in [0.717, 1.165) is 47.8 Å². The van der Waals surface area contributed by atoms with Crippen LogP contribution < -0.4 is 16.2 Å². The molecule has 0 aliphatic heterocycles. The summed E-state index contributed by atoms with van der Waals surface area (Å²) in [5.74, 6) is 3.73. The molecule has 2 saturated carbocycles. The SMILES string of the molecule is CC(C)CN(c1nc(C(=O)N(C(=O)c2cc3cc(F)ccc3n2C(=O)NN)[C@H]([C]=O)CC2CC2)cs1)C1CC1. The molecule has 1 radical (unpaired) electrons. The lowest BCUT2D eigenvalue weighted by atomic mass is 10.1. The van der Waals surface area contributed by atoms with E-state index >= 15 is 0 Å². The summed E-state index contributed by atoms with van der Waals surface area (Å²) < 4.78 is 14.9. The summed E-state index contributed by atoms with van der Waals surface area (Å²) in [6.45, 7) is 5.01. The van der Waals surface area contributed by atoms with E-state index in [1.807, 2.05) is 11.7 Å². The van der Waals surface area contributed by atoms with E-state index in [9.17, 15) is 23.6 Å². The van der Waals surface area contributed by atoms with Crippen LogP contribution >= 0.6 is 11.3 Å². The minimum atomic E-state index is -1.18. The number of carbonyl (C=O) groups excluding carboxylic acids is 4. The van der Waals surface area contributed by atoms with Gasteiger partial charge in [-0.25, -0.2) is 20.0 Å². The van der Waals surface area contributed by atoms with Crippen LogP contribution in [0.25, 0.3) is 10.9 Å². The largest absolute Gasteiger partial charge is 0.345 e. The molecule has 2 aromatic heterocycles. The number of nitrogens with two attached hydrogens (primary N) is 1. The predicted octanol–water partition coefficient (Wildman–Crippen LogP) is 3.85. The Labute approximate surface area is 228 Å². The lowest BCUT2D eigenvalue weighted by molar-refractivity contribution is 0.0567. The summed E-state index contributed by atoms with van der Waals surface area (Å²) in [5, 5.41) is 2.53. The van der Waals surface area contributed by atoms with Crippen LogP contribution in [0, 0.1) is 17.7 Å².